The van der Waals surface area contributed by atoms with Gasteiger partial charge in [0, 0.05) is 19.3 Å². The highest BCUT2D eigenvalue weighted by molar-refractivity contribution is 5.73. The number of imidazole rings is 1. The number of nitrogens with one attached hydrogen (secondary N) is 1. The Balaban J connectivity index is 1.93. The lowest BCUT2D eigenvalue weighted by Crippen LogP contribution is -2.38. The summed E-state index contributed by atoms with van der Waals surface area (Å²) in [6.07, 6.45) is 3.38. The number of nitrogens with zero attached hydrogens (tertiary/aromatic N) is 3. The first kappa shape index (κ1) is 9.59. The molecule has 1 aliphatic heterocycles. The molecule has 0 bridgehead atoms. The fourth-order valence-corrected chi connectivity index (χ4v) is 2.13. The second-order valence-corrected chi connectivity index (χ2v) is 4.18. The van der Waals surface area contributed by atoms with Crippen molar-refractivity contribution >= 4 is 17.1 Å². The Kier molecular flexibility index (Phi) is 2.25. The Hall–Kier alpha value is -1.62. The fraction of sp³-hybridized carbons (Fsp3) is 0.455. The lowest BCUT2D eigenvalue weighted by molar-refractivity contribution is 0.153. The zero-order chi connectivity index (χ0) is 11.0. The summed E-state index contributed by atoms with van der Waals surface area (Å²) in [7, 11) is 0. The Bertz CT molecular complexity index is 462. The van der Waals surface area contributed by atoms with E-state index in [9.17, 15) is 5.11 Å². The van der Waals surface area contributed by atoms with Crippen LogP contribution >= 0.6 is 0 Å². The average Bonchev–Trinajstić information content (AvgIpc) is 2.72. The molecule has 0 unspecified atom stereocenters. The molecule has 1 aliphatic rings. The van der Waals surface area contributed by atoms with Crippen LogP contribution in [0.15, 0.2) is 18.3 Å². The maximum atomic E-state index is 9.62. The molecule has 0 amide bonds. The van der Waals surface area contributed by atoms with Gasteiger partial charge in [0.2, 0.25) is 5.95 Å². The van der Waals surface area contributed by atoms with E-state index in [1.54, 1.807) is 6.20 Å². The van der Waals surface area contributed by atoms with Gasteiger partial charge in [0.05, 0.1) is 11.6 Å². The minimum Gasteiger partial charge on any atom is -0.391 e. The molecule has 5 nitrogen and oxygen atoms in total. The second-order valence-electron chi connectivity index (χ2n) is 4.18. The maximum absolute atomic E-state index is 9.62. The Morgan fingerprint density at radius 3 is 3.25 bits per heavy atom. The number of fused-ring (bicyclic) bond motifs is 1. The van der Waals surface area contributed by atoms with Crippen molar-refractivity contribution in [2.75, 3.05) is 18.0 Å². The van der Waals surface area contributed by atoms with Crippen molar-refractivity contribution in [1.29, 1.82) is 0 Å². The first-order chi connectivity index (χ1) is 7.83. The van der Waals surface area contributed by atoms with Crippen molar-refractivity contribution in [3.05, 3.63) is 18.3 Å². The molecule has 5 heteroatoms. The van der Waals surface area contributed by atoms with Crippen LogP contribution < -0.4 is 4.90 Å². The molecule has 0 saturated carbocycles. The molecule has 2 N–H and O–H groups in total. The Labute approximate surface area is 93.1 Å². The van der Waals surface area contributed by atoms with E-state index >= 15 is 0 Å². The number of aromatic nitrogens is 3. The molecule has 0 aromatic carbocycles. The molecule has 2 aromatic heterocycles. The summed E-state index contributed by atoms with van der Waals surface area (Å²) in [5, 5.41) is 9.62. The van der Waals surface area contributed by atoms with Crippen molar-refractivity contribution in [3.8, 4) is 0 Å². The van der Waals surface area contributed by atoms with Crippen LogP contribution in [0.5, 0.6) is 0 Å². The third-order valence-corrected chi connectivity index (χ3v) is 2.94. The zero-order valence-electron chi connectivity index (χ0n) is 8.93. The van der Waals surface area contributed by atoms with Gasteiger partial charge in [-0.15, -0.1) is 0 Å². The number of aliphatic hydroxyl groups excluding tert-OH is 1. The summed E-state index contributed by atoms with van der Waals surface area (Å²) in [5.41, 5.74) is 1.68. The monoisotopic (exact) mass is 218 g/mol. The molecule has 0 aliphatic carbocycles. The van der Waals surface area contributed by atoms with Gasteiger partial charge >= 0.3 is 0 Å². The van der Waals surface area contributed by atoms with E-state index in [1.807, 2.05) is 12.1 Å². The van der Waals surface area contributed by atoms with Gasteiger partial charge in [0.15, 0.2) is 5.65 Å². The topological polar surface area (TPSA) is 65.0 Å². The van der Waals surface area contributed by atoms with Gasteiger partial charge in [-0.1, -0.05) is 0 Å². The third-order valence-electron chi connectivity index (χ3n) is 2.94. The van der Waals surface area contributed by atoms with Gasteiger partial charge in [-0.05, 0) is 25.0 Å². The Morgan fingerprint density at radius 2 is 2.44 bits per heavy atom. The van der Waals surface area contributed by atoms with Crippen LogP contribution in [0.3, 0.4) is 0 Å². The van der Waals surface area contributed by atoms with E-state index in [-0.39, 0.29) is 6.10 Å². The average molecular weight is 218 g/mol. The van der Waals surface area contributed by atoms with Crippen LogP contribution in [0.25, 0.3) is 11.2 Å². The summed E-state index contributed by atoms with van der Waals surface area (Å²) in [6.45, 7) is 1.59. The molecule has 0 radical (unpaired) electrons. The van der Waals surface area contributed by atoms with Crippen molar-refractivity contribution in [3.63, 3.8) is 0 Å². The van der Waals surface area contributed by atoms with Gasteiger partial charge in [-0.3, -0.25) is 0 Å². The van der Waals surface area contributed by atoms with Gasteiger partial charge < -0.3 is 15.0 Å². The van der Waals surface area contributed by atoms with E-state index in [0.29, 0.717) is 6.54 Å². The molecule has 3 rings (SSSR count). The number of aliphatic hydroxyl groups is 1. The number of H-pyrrole nitrogens is 1. The first-order valence-electron chi connectivity index (χ1n) is 5.57. The van der Waals surface area contributed by atoms with Gasteiger partial charge in [-0.25, -0.2) is 4.98 Å². The second kappa shape index (κ2) is 3.75. The quantitative estimate of drug-likeness (QED) is 0.747. The van der Waals surface area contributed by atoms with Crippen molar-refractivity contribution in [2.45, 2.75) is 18.9 Å². The molecular formula is C11H14N4O. The number of hydrogen-bond acceptors (Lipinski definition) is 4. The summed E-state index contributed by atoms with van der Waals surface area (Å²) in [6, 6.07) is 3.84. The molecule has 1 saturated heterocycles. The van der Waals surface area contributed by atoms with Gasteiger partial charge in [0.1, 0.15) is 0 Å². The summed E-state index contributed by atoms with van der Waals surface area (Å²) in [4.78, 5) is 13.9. The minimum atomic E-state index is -0.241. The van der Waals surface area contributed by atoms with E-state index in [2.05, 4.69) is 19.9 Å². The molecule has 1 atom stereocenters. The highest BCUT2D eigenvalue weighted by Gasteiger charge is 2.20. The van der Waals surface area contributed by atoms with Crippen molar-refractivity contribution in [2.24, 2.45) is 0 Å². The smallest absolute Gasteiger partial charge is 0.205 e. The number of piperidine rings is 1. The lowest BCUT2D eigenvalue weighted by atomic mass is 10.1. The van der Waals surface area contributed by atoms with E-state index in [4.69, 9.17) is 0 Å². The number of pyridine rings is 1. The molecule has 0 spiro atoms. The Morgan fingerprint density at radius 1 is 1.50 bits per heavy atom. The lowest BCUT2D eigenvalue weighted by Gasteiger charge is -2.29. The van der Waals surface area contributed by atoms with Crippen molar-refractivity contribution in [1.82, 2.24) is 15.0 Å². The van der Waals surface area contributed by atoms with E-state index in [1.165, 1.54) is 0 Å². The maximum Gasteiger partial charge on any atom is 0.205 e. The molecule has 16 heavy (non-hydrogen) atoms. The third kappa shape index (κ3) is 1.63. The van der Waals surface area contributed by atoms with Crippen LogP contribution in [-0.2, 0) is 0 Å². The SMILES string of the molecule is O[C@H]1CCCN(c2nc3ncccc3[nH]2)C1. The van der Waals surface area contributed by atoms with Crippen molar-refractivity contribution < 1.29 is 5.11 Å². The van der Waals surface area contributed by atoms with Crippen LogP contribution in [-0.4, -0.2) is 39.3 Å². The molecule has 1 fully saturated rings. The predicted octanol–water partition coefficient (Wildman–Crippen LogP) is 0.919. The predicted molar refractivity (Wildman–Crippen MR) is 61.3 cm³/mol. The number of aromatic amines is 1. The van der Waals surface area contributed by atoms with Crippen LogP contribution in [0.1, 0.15) is 12.8 Å². The standard InChI is InChI=1S/C11H14N4O/c16-8-3-2-6-15(7-8)11-13-9-4-1-5-12-10(9)14-11/h1,4-5,8,16H,2-3,6-7H2,(H,12,13,14)/t8-/m0/s1. The fourth-order valence-electron chi connectivity index (χ4n) is 2.13. The van der Waals surface area contributed by atoms with Gasteiger partial charge in [0.25, 0.3) is 0 Å². The number of hydrogen-bond donors (Lipinski definition) is 2. The molecular weight excluding hydrogens is 204 g/mol. The van der Waals surface area contributed by atoms with Crippen LogP contribution in [0.2, 0.25) is 0 Å². The molecule has 3 heterocycles. The largest absolute Gasteiger partial charge is 0.391 e. The zero-order valence-corrected chi connectivity index (χ0v) is 8.93. The first-order valence-corrected chi connectivity index (χ1v) is 5.57. The number of rotatable bonds is 1. The van der Waals surface area contributed by atoms with Crippen LogP contribution in [0, 0.1) is 0 Å². The van der Waals surface area contributed by atoms with Gasteiger partial charge in [-0.2, -0.15) is 4.98 Å². The highest BCUT2D eigenvalue weighted by Crippen LogP contribution is 2.19. The summed E-state index contributed by atoms with van der Waals surface area (Å²) in [5.74, 6) is 0.812. The number of β-amino-alcohol motifs (C(OH)–C–C–N with tert-alkyl or cyclic N) is 1. The van der Waals surface area contributed by atoms with E-state index in [0.717, 1.165) is 36.5 Å². The molecule has 2 aromatic rings. The summed E-state index contributed by atoms with van der Waals surface area (Å²) >= 11 is 0. The highest BCUT2D eigenvalue weighted by atomic mass is 16.3. The summed E-state index contributed by atoms with van der Waals surface area (Å²) < 4.78 is 0. The number of anilines is 1. The van der Waals surface area contributed by atoms with E-state index < -0.39 is 0 Å². The van der Waals surface area contributed by atoms with Crippen LogP contribution in [0.4, 0.5) is 5.95 Å². The normalized spacial score (nSPS) is 21.6. The molecule has 84 valence electrons. The minimum absolute atomic E-state index is 0.241.